The molecule has 5 nitrogen and oxygen atoms in total. The van der Waals surface area contributed by atoms with Crippen LogP contribution in [0.2, 0.25) is 5.02 Å². The number of thiocarbonyl (C=S) groups is 1. The summed E-state index contributed by atoms with van der Waals surface area (Å²) in [6, 6.07) is 19.0. The number of ether oxygens (including phenoxy) is 3. The normalized spacial score (nSPS) is 14.4. The average Bonchev–Trinajstić information content (AvgIpc) is 3.12. The lowest BCUT2D eigenvalue weighted by Gasteiger charge is -2.14. The first kappa shape index (κ1) is 26.1. The molecule has 1 amide bonds. The van der Waals surface area contributed by atoms with Gasteiger partial charge in [-0.1, -0.05) is 59.8 Å². The van der Waals surface area contributed by atoms with Crippen LogP contribution in [0.25, 0.3) is 6.08 Å². The summed E-state index contributed by atoms with van der Waals surface area (Å²) in [5.74, 6) is 1.63. The molecular weight excluding hydrogens is 514 g/mol. The van der Waals surface area contributed by atoms with Gasteiger partial charge in [-0.05, 0) is 73.0 Å². The van der Waals surface area contributed by atoms with E-state index >= 15 is 0 Å². The number of halogens is 1. The van der Waals surface area contributed by atoms with Crippen LogP contribution in [0.5, 0.6) is 17.2 Å². The van der Waals surface area contributed by atoms with Crippen LogP contribution >= 0.6 is 35.6 Å². The summed E-state index contributed by atoms with van der Waals surface area (Å²) in [7, 11) is 1.56. The number of rotatable bonds is 9. The first-order valence-electron chi connectivity index (χ1n) is 11.4. The number of para-hydroxylation sites is 1. The number of methoxy groups -OCH3 is 1. The van der Waals surface area contributed by atoms with Gasteiger partial charge in [0, 0.05) is 6.42 Å². The van der Waals surface area contributed by atoms with E-state index in [9.17, 15) is 4.79 Å². The molecule has 186 valence electrons. The summed E-state index contributed by atoms with van der Waals surface area (Å²) in [4.78, 5) is 15.1. The van der Waals surface area contributed by atoms with Crippen molar-refractivity contribution < 1.29 is 19.0 Å². The highest BCUT2D eigenvalue weighted by Gasteiger charge is 2.33. The molecule has 0 bridgehead atoms. The maximum absolute atomic E-state index is 13.0. The number of hydrogen-bond acceptors (Lipinski definition) is 6. The van der Waals surface area contributed by atoms with Crippen LogP contribution in [0.15, 0.2) is 65.6 Å². The summed E-state index contributed by atoms with van der Waals surface area (Å²) in [5, 5.41) is 0.398. The third-order valence-corrected chi connectivity index (χ3v) is 6.94. The van der Waals surface area contributed by atoms with Crippen LogP contribution in [-0.4, -0.2) is 30.6 Å². The van der Waals surface area contributed by atoms with Crippen LogP contribution in [0, 0.1) is 13.8 Å². The SMILES string of the molecule is COc1cc(/C=C2/SC(=S)N(c3ccccc3)C2=O)cc(Cl)c1OCCCOc1cc(C)cc(C)c1. The molecule has 1 aliphatic rings. The molecule has 1 saturated heterocycles. The highest BCUT2D eigenvalue weighted by molar-refractivity contribution is 8.27. The number of hydrogen-bond donors (Lipinski definition) is 0. The van der Waals surface area contributed by atoms with Crippen molar-refractivity contribution in [3.8, 4) is 17.2 Å². The van der Waals surface area contributed by atoms with Gasteiger partial charge in [-0.25, -0.2) is 0 Å². The lowest BCUT2D eigenvalue weighted by molar-refractivity contribution is -0.113. The number of anilines is 1. The Morgan fingerprint density at radius 2 is 1.69 bits per heavy atom. The molecule has 1 heterocycles. The molecular formula is C28H26ClNO4S2. The number of nitrogens with zero attached hydrogens (tertiary/aromatic N) is 1. The quantitative estimate of drug-likeness (QED) is 0.162. The fourth-order valence-corrected chi connectivity index (χ4v) is 5.39. The molecule has 0 radical (unpaired) electrons. The van der Waals surface area contributed by atoms with Crippen LogP contribution < -0.4 is 19.1 Å². The van der Waals surface area contributed by atoms with Crippen LogP contribution in [0.1, 0.15) is 23.1 Å². The zero-order valence-corrected chi connectivity index (χ0v) is 22.6. The number of benzene rings is 3. The maximum Gasteiger partial charge on any atom is 0.270 e. The predicted octanol–water partition coefficient (Wildman–Crippen LogP) is 7.22. The number of carbonyl (C=O) groups is 1. The Kier molecular flexibility index (Phi) is 8.56. The highest BCUT2D eigenvalue weighted by atomic mass is 35.5. The van der Waals surface area contributed by atoms with E-state index in [1.807, 2.05) is 56.3 Å². The molecule has 1 fully saturated rings. The Bertz CT molecular complexity index is 1290. The summed E-state index contributed by atoms with van der Waals surface area (Å²) in [5.41, 5.74) is 3.79. The van der Waals surface area contributed by atoms with Gasteiger partial charge >= 0.3 is 0 Å². The van der Waals surface area contributed by atoms with Crippen molar-refractivity contribution in [3.05, 3.63) is 87.3 Å². The van der Waals surface area contributed by atoms with Crippen molar-refractivity contribution in [1.82, 2.24) is 0 Å². The lowest BCUT2D eigenvalue weighted by Crippen LogP contribution is -2.27. The number of carbonyl (C=O) groups excluding carboxylic acids is 1. The molecule has 0 N–H and O–H groups in total. The van der Waals surface area contributed by atoms with E-state index in [-0.39, 0.29) is 5.91 Å². The van der Waals surface area contributed by atoms with Crippen molar-refractivity contribution in [1.29, 1.82) is 0 Å². The second kappa shape index (κ2) is 11.8. The molecule has 1 aliphatic heterocycles. The van der Waals surface area contributed by atoms with Gasteiger partial charge < -0.3 is 14.2 Å². The van der Waals surface area contributed by atoms with Gasteiger partial charge in [0.15, 0.2) is 15.8 Å². The monoisotopic (exact) mass is 539 g/mol. The molecule has 8 heteroatoms. The highest BCUT2D eigenvalue weighted by Crippen LogP contribution is 2.40. The van der Waals surface area contributed by atoms with Gasteiger partial charge in [0.05, 0.1) is 35.9 Å². The van der Waals surface area contributed by atoms with Gasteiger partial charge in [-0.15, -0.1) is 0 Å². The van der Waals surface area contributed by atoms with Crippen molar-refractivity contribution in [2.24, 2.45) is 0 Å². The molecule has 0 aromatic heterocycles. The van der Waals surface area contributed by atoms with E-state index in [0.717, 1.165) is 17.0 Å². The van der Waals surface area contributed by atoms with Gasteiger partial charge in [-0.3, -0.25) is 9.69 Å². The Morgan fingerprint density at radius 1 is 1.00 bits per heavy atom. The fourth-order valence-electron chi connectivity index (χ4n) is 3.82. The third kappa shape index (κ3) is 6.22. The van der Waals surface area contributed by atoms with E-state index in [1.54, 1.807) is 25.3 Å². The van der Waals surface area contributed by atoms with Gasteiger partial charge in [-0.2, -0.15) is 0 Å². The van der Waals surface area contributed by atoms with Crippen molar-refractivity contribution in [3.63, 3.8) is 0 Å². The first-order chi connectivity index (χ1) is 17.4. The minimum Gasteiger partial charge on any atom is -0.493 e. The average molecular weight is 540 g/mol. The maximum atomic E-state index is 13.0. The Morgan fingerprint density at radius 3 is 2.39 bits per heavy atom. The predicted molar refractivity (Wildman–Crippen MR) is 152 cm³/mol. The topological polar surface area (TPSA) is 48.0 Å². The number of amides is 1. The molecule has 0 aliphatic carbocycles. The summed E-state index contributed by atoms with van der Waals surface area (Å²) in [6.45, 7) is 5.03. The first-order valence-corrected chi connectivity index (χ1v) is 13.0. The second-order valence-electron chi connectivity index (χ2n) is 8.26. The summed E-state index contributed by atoms with van der Waals surface area (Å²) in [6.07, 6.45) is 2.44. The fraction of sp³-hybridized carbons (Fsp3) is 0.214. The van der Waals surface area contributed by atoms with E-state index in [4.69, 9.17) is 38.0 Å². The van der Waals surface area contributed by atoms with Crippen LogP contribution in [-0.2, 0) is 4.79 Å². The Balaban J connectivity index is 1.41. The van der Waals surface area contributed by atoms with E-state index < -0.39 is 0 Å². The smallest absolute Gasteiger partial charge is 0.270 e. The minimum absolute atomic E-state index is 0.171. The molecule has 3 aromatic rings. The van der Waals surface area contributed by atoms with Crippen molar-refractivity contribution in [2.75, 3.05) is 25.2 Å². The van der Waals surface area contributed by atoms with Crippen LogP contribution in [0.4, 0.5) is 5.69 Å². The van der Waals surface area contributed by atoms with Gasteiger partial charge in [0.1, 0.15) is 5.75 Å². The Hall–Kier alpha value is -3.00. The standard InChI is InChI=1S/C28H26ClNO4S2/c1-18-12-19(2)14-22(13-18)33-10-7-11-34-26-23(29)15-20(16-24(26)32-3)17-25-27(31)30(28(35)36-25)21-8-5-4-6-9-21/h4-6,8-9,12-17H,7,10-11H2,1-3H3/b25-17+. The number of thioether (sulfide) groups is 1. The third-order valence-electron chi connectivity index (χ3n) is 5.36. The van der Waals surface area contributed by atoms with E-state index in [2.05, 4.69) is 6.07 Å². The minimum atomic E-state index is -0.171. The molecule has 0 atom stereocenters. The molecule has 36 heavy (non-hydrogen) atoms. The van der Waals surface area contributed by atoms with Gasteiger partial charge in [0.25, 0.3) is 5.91 Å². The molecule has 0 unspecified atom stereocenters. The Labute approximate surface area is 226 Å². The lowest BCUT2D eigenvalue weighted by atomic mass is 10.1. The molecule has 4 rings (SSSR count). The van der Waals surface area contributed by atoms with Crippen molar-refractivity contribution >= 4 is 57.6 Å². The largest absolute Gasteiger partial charge is 0.493 e. The zero-order chi connectivity index (χ0) is 25.7. The van der Waals surface area contributed by atoms with Crippen molar-refractivity contribution in [2.45, 2.75) is 20.3 Å². The van der Waals surface area contributed by atoms with E-state index in [1.165, 1.54) is 27.8 Å². The summed E-state index contributed by atoms with van der Waals surface area (Å²) >= 11 is 13.2. The van der Waals surface area contributed by atoms with Crippen LogP contribution in [0.3, 0.4) is 0 Å². The van der Waals surface area contributed by atoms with Gasteiger partial charge in [0.2, 0.25) is 0 Å². The molecule has 0 saturated carbocycles. The molecule has 3 aromatic carbocycles. The second-order valence-corrected chi connectivity index (χ2v) is 10.3. The molecule has 0 spiro atoms. The summed E-state index contributed by atoms with van der Waals surface area (Å²) < 4.78 is 17.8. The number of aryl methyl sites for hydroxylation is 2. The van der Waals surface area contributed by atoms with E-state index in [0.29, 0.717) is 45.4 Å². The zero-order valence-electron chi connectivity index (χ0n) is 20.2.